The zero-order chi connectivity index (χ0) is 12.4. The van der Waals surface area contributed by atoms with Crippen LogP contribution in [0, 0.1) is 5.82 Å². The van der Waals surface area contributed by atoms with Crippen molar-refractivity contribution in [2.75, 3.05) is 0 Å². The lowest BCUT2D eigenvalue weighted by molar-refractivity contribution is 0.620. The number of nitrogens with zero attached hydrogens (tertiary/aromatic N) is 3. The Morgan fingerprint density at radius 2 is 2.18 bits per heavy atom. The van der Waals surface area contributed by atoms with Crippen molar-refractivity contribution in [3.8, 4) is 11.4 Å². The van der Waals surface area contributed by atoms with Crippen molar-refractivity contribution in [1.29, 1.82) is 0 Å². The highest BCUT2D eigenvalue weighted by atomic mass is 79.9. The van der Waals surface area contributed by atoms with Crippen molar-refractivity contribution in [2.45, 2.75) is 19.3 Å². The van der Waals surface area contributed by atoms with Crippen LogP contribution in [0.4, 0.5) is 4.39 Å². The monoisotopic (exact) mass is 317 g/mol. The summed E-state index contributed by atoms with van der Waals surface area (Å²) in [6.07, 6.45) is 0. The first-order chi connectivity index (χ1) is 8.19. The van der Waals surface area contributed by atoms with E-state index in [4.69, 9.17) is 11.6 Å². The molecule has 17 heavy (non-hydrogen) atoms. The highest BCUT2D eigenvalue weighted by molar-refractivity contribution is 9.10. The molecule has 6 heteroatoms. The van der Waals surface area contributed by atoms with Gasteiger partial charge in [-0.3, -0.25) is 0 Å². The molecule has 90 valence electrons. The lowest BCUT2D eigenvalue weighted by Gasteiger charge is -2.07. The minimum Gasteiger partial charge on any atom is -0.310 e. The van der Waals surface area contributed by atoms with Gasteiger partial charge in [0.1, 0.15) is 11.6 Å². The predicted octanol–water partition coefficient (Wildman–Crippen LogP) is 3.61. The van der Waals surface area contributed by atoms with Gasteiger partial charge in [0.15, 0.2) is 5.82 Å². The van der Waals surface area contributed by atoms with E-state index in [1.165, 1.54) is 0 Å². The number of hydrogen-bond donors (Lipinski definition) is 0. The van der Waals surface area contributed by atoms with Gasteiger partial charge in [0.25, 0.3) is 0 Å². The van der Waals surface area contributed by atoms with Gasteiger partial charge >= 0.3 is 0 Å². The zero-order valence-electron chi connectivity index (χ0n) is 9.12. The van der Waals surface area contributed by atoms with E-state index < -0.39 is 0 Å². The Bertz CT molecular complexity index is 542. The second-order valence-corrected chi connectivity index (χ2v) is 4.54. The van der Waals surface area contributed by atoms with Gasteiger partial charge in [-0.1, -0.05) is 6.07 Å². The van der Waals surface area contributed by atoms with Crippen molar-refractivity contribution in [3.63, 3.8) is 0 Å². The summed E-state index contributed by atoms with van der Waals surface area (Å²) in [4.78, 5) is 0. The summed E-state index contributed by atoms with van der Waals surface area (Å²) in [6.45, 7) is 2.59. The fourth-order valence-electron chi connectivity index (χ4n) is 1.64. The molecule has 2 aromatic rings. The number of alkyl halides is 1. The molecule has 2 rings (SSSR count). The van der Waals surface area contributed by atoms with Crippen molar-refractivity contribution < 1.29 is 4.39 Å². The SMILES string of the molecule is CCn1c(CCl)nnc1-c1cccc(Br)c1F. The molecule has 0 saturated heterocycles. The number of hydrogen-bond acceptors (Lipinski definition) is 2. The highest BCUT2D eigenvalue weighted by Gasteiger charge is 2.16. The number of benzene rings is 1. The maximum Gasteiger partial charge on any atom is 0.166 e. The van der Waals surface area contributed by atoms with E-state index in [1.54, 1.807) is 22.8 Å². The minimum atomic E-state index is -0.337. The summed E-state index contributed by atoms with van der Waals surface area (Å²) in [5, 5.41) is 7.95. The molecule has 0 saturated carbocycles. The Hall–Kier alpha value is -0.940. The molecule has 0 atom stereocenters. The van der Waals surface area contributed by atoms with Crippen LogP contribution in [0.1, 0.15) is 12.7 Å². The van der Waals surface area contributed by atoms with Crippen LogP contribution in [-0.2, 0) is 12.4 Å². The maximum absolute atomic E-state index is 14.0. The predicted molar refractivity (Wildman–Crippen MR) is 68.3 cm³/mol. The van der Waals surface area contributed by atoms with Crippen LogP contribution in [0.15, 0.2) is 22.7 Å². The Labute approximate surface area is 112 Å². The fourth-order valence-corrected chi connectivity index (χ4v) is 2.21. The lowest BCUT2D eigenvalue weighted by Crippen LogP contribution is -2.03. The third-order valence-electron chi connectivity index (χ3n) is 2.46. The first-order valence-corrected chi connectivity index (χ1v) is 6.44. The van der Waals surface area contributed by atoms with Gasteiger partial charge in [-0.15, -0.1) is 21.8 Å². The standard InChI is InChI=1S/C11H10BrClFN3/c1-2-17-9(6-13)15-16-11(17)7-4-3-5-8(12)10(7)14/h3-5H,2,6H2,1H3. The summed E-state index contributed by atoms with van der Waals surface area (Å²) < 4.78 is 16.2. The van der Waals surface area contributed by atoms with Crippen LogP contribution in [-0.4, -0.2) is 14.8 Å². The maximum atomic E-state index is 14.0. The molecule has 0 radical (unpaired) electrons. The Kier molecular flexibility index (Phi) is 3.79. The molecule has 0 aliphatic heterocycles. The topological polar surface area (TPSA) is 30.7 Å². The van der Waals surface area contributed by atoms with Crippen molar-refractivity contribution >= 4 is 27.5 Å². The molecule has 0 N–H and O–H groups in total. The molecule has 1 heterocycles. The van der Waals surface area contributed by atoms with Crippen LogP contribution in [0.5, 0.6) is 0 Å². The molecular formula is C11H10BrClFN3. The summed E-state index contributed by atoms with van der Waals surface area (Å²) in [5.74, 6) is 1.07. The van der Waals surface area contributed by atoms with E-state index in [-0.39, 0.29) is 11.7 Å². The molecule has 3 nitrogen and oxygen atoms in total. The number of halogens is 3. The molecule has 0 amide bonds. The zero-order valence-corrected chi connectivity index (χ0v) is 11.5. The van der Waals surface area contributed by atoms with Crippen molar-refractivity contribution in [3.05, 3.63) is 34.3 Å². The van der Waals surface area contributed by atoms with E-state index in [9.17, 15) is 4.39 Å². The Balaban J connectivity index is 2.60. The average Bonchev–Trinajstić information content (AvgIpc) is 2.75. The highest BCUT2D eigenvalue weighted by Crippen LogP contribution is 2.27. The van der Waals surface area contributed by atoms with Crippen LogP contribution >= 0.6 is 27.5 Å². The Morgan fingerprint density at radius 3 is 2.82 bits per heavy atom. The largest absolute Gasteiger partial charge is 0.310 e. The second kappa shape index (κ2) is 5.14. The molecule has 0 spiro atoms. The van der Waals surface area contributed by atoms with Crippen LogP contribution in [0.25, 0.3) is 11.4 Å². The lowest BCUT2D eigenvalue weighted by atomic mass is 10.2. The van der Waals surface area contributed by atoms with Gasteiger partial charge in [0.2, 0.25) is 0 Å². The minimum absolute atomic E-state index is 0.260. The normalized spacial score (nSPS) is 10.8. The van der Waals surface area contributed by atoms with E-state index in [1.807, 2.05) is 6.92 Å². The molecule has 0 bridgehead atoms. The Morgan fingerprint density at radius 1 is 1.41 bits per heavy atom. The van der Waals surface area contributed by atoms with E-state index in [0.29, 0.717) is 28.2 Å². The van der Waals surface area contributed by atoms with Crippen LogP contribution in [0.2, 0.25) is 0 Å². The third-order valence-corrected chi connectivity index (χ3v) is 3.31. The van der Waals surface area contributed by atoms with Crippen LogP contribution in [0.3, 0.4) is 0 Å². The quantitative estimate of drug-likeness (QED) is 0.810. The van der Waals surface area contributed by atoms with E-state index in [0.717, 1.165) is 0 Å². The van der Waals surface area contributed by atoms with Gasteiger partial charge in [-0.2, -0.15) is 0 Å². The molecular weight excluding hydrogens is 308 g/mol. The second-order valence-electron chi connectivity index (χ2n) is 3.42. The van der Waals surface area contributed by atoms with E-state index >= 15 is 0 Å². The average molecular weight is 319 g/mol. The molecule has 0 aliphatic carbocycles. The first kappa shape index (κ1) is 12.5. The molecule has 1 aromatic heterocycles. The van der Waals surface area contributed by atoms with Crippen molar-refractivity contribution in [1.82, 2.24) is 14.8 Å². The number of aromatic nitrogens is 3. The summed E-state index contributed by atoms with van der Waals surface area (Å²) in [7, 11) is 0. The molecule has 0 fully saturated rings. The first-order valence-electron chi connectivity index (χ1n) is 5.11. The molecule has 0 aliphatic rings. The summed E-state index contributed by atoms with van der Waals surface area (Å²) >= 11 is 8.91. The van der Waals surface area contributed by atoms with Gasteiger partial charge in [-0.25, -0.2) is 4.39 Å². The van der Waals surface area contributed by atoms with Crippen LogP contribution < -0.4 is 0 Å². The van der Waals surface area contributed by atoms with Crippen molar-refractivity contribution in [2.24, 2.45) is 0 Å². The molecule has 0 unspecified atom stereocenters. The van der Waals surface area contributed by atoms with Gasteiger partial charge in [-0.05, 0) is 35.0 Å². The smallest absolute Gasteiger partial charge is 0.166 e. The fraction of sp³-hybridized carbons (Fsp3) is 0.273. The van der Waals surface area contributed by atoms with Gasteiger partial charge in [0, 0.05) is 6.54 Å². The third kappa shape index (κ3) is 2.21. The summed E-state index contributed by atoms with van der Waals surface area (Å²) in [5.41, 5.74) is 0.421. The number of rotatable bonds is 3. The van der Waals surface area contributed by atoms with Gasteiger partial charge in [0.05, 0.1) is 15.9 Å². The molecule has 1 aromatic carbocycles. The van der Waals surface area contributed by atoms with Gasteiger partial charge < -0.3 is 4.57 Å². The van der Waals surface area contributed by atoms with E-state index in [2.05, 4.69) is 26.1 Å². The summed E-state index contributed by atoms with van der Waals surface area (Å²) in [6, 6.07) is 5.08.